The second kappa shape index (κ2) is 8.13. The van der Waals surface area contributed by atoms with Crippen LogP contribution in [0.5, 0.6) is 0 Å². The molecule has 2 heterocycles. The van der Waals surface area contributed by atoms with E-state index in [2.05, 4.69) is 17.1 Å². The fourth-order valence-electron chi connectivity index (χ4n) is 3.17. The summed E-state index contributed by atoms with van der Waals surface area (Å²) >= 11 is 0. The Balaban J connectivity index is 1.62. The molecule has 3 nitrogen and oxygen atoms in total. The van der Waals surface area contributed by atoms with Crippen molar-refractivity contribution in [2.24, 2.45) is 5.92 Å². The summed E-state index contributed by atoms with van der Waals surface area (Å²) in [5, 5.41) is 3.52. The summed E-state index contributed by atoms with van der Waals surface area (Å²) in [5.74, 6) is 0.913. The van der Waals surface area contributed by atoms with Crippen LogP contribution in [0, 0.1) is 5.92 Å². The Morgan fingerprint density at radius 3 is 3.00 bits per heavy atom. The molecule has 0 bridgehead atoms. The number of nitrogens with zero attached hydrogens (tertiary/aromatic N) is 1. The third-order valence-electron chi connectivity index (χ3n) is 4.27. The van der Waals surface area contributed by atoms with Crippen molar-refractivity contribution >= 4 is 0 Å². The molecule has 2 aliphatic heterocycles. The van der Waals surface area contributed by atoms with Crippen molar-refractivity contribution in [3.8, 4) is 0 Å². The van der Waals surface area contributed by atoms with Crippen LogP contribution in [-0.2, 0) is 4.74 Å². The third-order valence-corrected chi connectivity index (χ3v) is 4.27. The highest BCUT2D eigenvalue weighted by molar-refractivity contribution is 4.76. The minimum Gasteiger partial charge on any atom is -0.377 e. The van der Waals surface area contributed by atoms with E-state index in [1.807, 2.05) is 0 Å². The first kappa shape index (κ1) is 14.3. The maximum absolute atomic E-state index is 5.90. The van der Waals surface area contributed by atoms with Gasteiger partial charge in [-0.05, 0) is 70.6 Å². The Kier molecular flexibility index (Phi) is 6.46. The maximum Gasteiger partial charge on any atom is 0.0702 e. The number of nitrogens with one attached hydrogen (secondary N) is 1. The van der Waals surface area contributed by atoms with Gasteiger partial charge in [0.25, 0.3) is 0 Å². The highest BCUT2D eigenvalue weighted by Gasteiger charge is 2.21. The SMILES string of the molecule is CCCOC1CCCN(CCC2CCCNC2)C1. The van der Waals surface area contributed by atoms with Gasteiger partial charge in [-0.15, -0.1) is 0 Å². The fourth-order valence-corrected chi connectivity index (χ4v) is 3.17. The van der Waals surface area contributed by atoms with E-state index >= 15 is 0 Å². The number of likely N-dealkylation sites (tertiary alicyclic amines) is 1. The first-order chi connectivity index (χ1) is 8.88. The zero-order valence-electron chi connectivity index (χ0n) is 12.0. The largest absolute Gasteiger partial charge is 0.377 e. The van der Waals surface area contributed by atoms with Gasteiger partial charge in [-0.25, -0.2) is 0 Å². The molecule has 2 unspecified atom stereocenters. The van der Waals surface area contributed by atoms with Crippen molar-refractivity contribution in [2.75, 3.05) is 39.3 Å². The Bertz CT molecular complexity index is 217. The zero-order valence-corrected chi connectivity index (χ0v) is 12.0. The molecule has 0 saturated carbocycles. The van der Waals surface area contributed by atoms with Crippen LogP contribution >= 0.6 is 0 Å². The number of ether oxygens (including phenoxy) is 1. The van der Waals surface area contributed by atoms with E-state index in [4.69, 9.17) is 4.74 Å². The van der Waals surface area contributed by atoms with Crippen LogP contribution in [0.4, 0.5) is 0 Å². The molecule has 18 heavy (non-hydrogen) atoms. The van der Waals surface area contributed by atoms with Crippen LogP contribution in [0.3, 0.4) is 0 Å². The molecule has 2 atom stereocenters. The van der Waals surface area contributed by atoms with Crippen molar-refractivity contribution in [2.45, 2.75) is 51.6 Å². The molecule has 0 aromatic heterocycles. The Labute approximate surface area is 112 Å². The van der Waals surface area contributed by atoms with Crippen LogP contribution in [-0.4, -0.2) is 50.3 Å². The zero-order chi connectivity index (χ0) is 12.6. The van der Waals surface area contributed by atoms with E-state index in [0.29, 0.717) is 6.10 Å². The molecule has 0 radical (unpaired) electrons. The van der Waals surface area contributed by atoms with Crippen LogP contribution in [0.2, 0.25) is 0 Å². The van der Waals surface area contributed by atoms with E-state index in [9.17, 15) is 0 Å². The lowest BCUT2D eigenvalue weighted by Gasteiger charge is -2.34. The van der Waals surface area contributed by atoms with Crippen LogP contribution in [0.15, 0.2) is 0 Å². The van der Waals surface area contributed by atoms with Gasteiger partial charge in [0.1, 0.15) is 0 Å². The third kappa shape index (κ3) is 4.87. The van der Waals surface area contributed by atoms with E-state index in [1.54, 1.807) is 0 Å². The molecule has 0 aromatic rings. The van der Waals surface area contributed by atoms with Crippen molar-refractivity contribution in [3.63, 3.8) is 0 Å². The van der Waals surface area contributed by atoms with Gasteiger partial charge < -0.3 is 15.0 Å². The van der Waals surface area contributed by atoms with E-state index < -0.39 is 0 Å². The molecule has 2 fully saturated rings. The second-order valence-corrected chi connectivity index (χ2v) is 5.94. The van der Waals surface area contributed by atoms with Gasteiger partial charge in [0, 0.05) is 13.2 Å². The quantitative estimate of drug-likeness (QED) is 0.787. The molecule has 0 amide bonds. The summed E-state index contributed by atoms with van der Waals surface area (Å²) in [5.41, 5.74) is 0. The van der Waals surface area contributed by atoms with Crippen LogP contribution in [0.25, 0.3) is 0 Å². The average Bonchev–Trinajstić information content (AvgIpc) is 2.44. The smallest absolute Gasteiger partial charge is 0.0702 e. The molecule has 2 rings (SSSR count). The highest BCUT2D eigenvalue weighted by atomic mass is 16.5. The van der Waals surface area contributed by atoms with E-state index in [1.165, 1.54) is 64.8 Å². The van der Waals surface area contributed by atoms with Gasteiger partial charge in [0.15, 0.2) is 0 Å². The molecular weight excluding hydrogens is 224 g/mol. The number of piperidine rings is 2. The lowest BCUT2D eigenvalue weighted by Crippen LogP contribution is -2.41. The molecule has 0 aliphatic carbocycles. The predicted octanol–water partition coefficient (Wildman–Crippen LogP) is 2.27. The van der Waals surface area contributed by atoms with Gasteiger partial charge in [-0.1, -0.05) is 6.92 Å². The van der Waals surface area contributed by atoms with Gasteiger partial charge in [0.2, 0.25) is 0 Å². The summed E-state index contributed by atoms with van der Waals surface area (Å²) in [4.78, 5) is 2.62. The van der Waals surface area contributed by atoms with Crippen molar-refractivity contribution in [1.82, 2.24) is 10.2 Å². The highest BCUT2D eigenvalue weighted by Crippen LogP contribution is 2.18. The Morgan fingerprint density at radius 2 is 2.22 bits per heavy atom. The first-order valence-corrected chi connectivity index (χ1v) is 7.93. The molecule has 0 aromatic carbocycles. The van der Waals surface area contributed by atoms with E-state index in [0.717, 1.165) is 18.9 Å². The molecule has 106 valence electrons. The predicted molar refractivity (Wildman–Crippen MR) is 75.9 cm³/mol. The second-order valence-electron chi connectivity index (χ2n) is 5.94. The number of hydrogen-bond acceptors (Lipinski definition) is 3. The molecule has 0 spiro atoms. The van der Waals surface area contributed by atoms with Crippen LogP contribution in [0.1, 0.15) is 45.4 Å². The first-order valence-electron chi connectivity index (χ1n) is 7.93. The monoisotopic (exact) mass is 254 g/mol. The summed E-state index contributed by atoms with van der Waals surface area (Å²) in [6, 6.07) is 0. The lowest BCUT2D eigenvalue weighted by atomic mass is 9.95. The van der Waals surface area contributed by atoms with Crippen molar-refractivity contribution in [3.05, 3.63) is 0 Å². The summed E-state index contributed by atoms with van der Waals surface area (Å²) < 4.78 is 5.90. The average molecular weight is 254 g/mol. The summed E-state index contributed by atoms with van der Waals surface area (Å²) in [6.07, 6.45) is 8.39. The topological polar surface area (TPSA) is 24.5 Å². The fraction of sp³-hybridized carbons (Fsp3) is 1.00. The molecule has 1 N–H and O–H groups in total. The molecule has 3 heteroatoms. The maximum atomic E-state index is 5.90. The Hall–Kier alpha value is -0.120. The number of rotatable bonds is 6. The number of hydrogen-bond donors (Lipinski definition) is 1. The summed E-state index contributed by atoms with van der Waals surface area (Å²) in [7, 11) is 0. The van der Waals surface area contributed by atoms with Gasteiger partial charge in [-0.2, -0.15) is 0 Å². The van der Waals surface area contributed by atoms with E-state index in [-0.39, 0.29) is 0 Å². The molecular formula is C15H30N2O. The minimum absolute atomic E-state index is 0.503. The van der Waals surface area contributed by atoms with Gasteiger partial charge >= 0.3 is 0 Å². The Morgan fingerprint density at radius 1 is 1.28 bits per heavy atom. The van der Waals surface area contributed by atoms with Gasteiger partial charge in [-0.3, -0.25) is 0 Å². The van der Waals surface area contributed by atoms with Gasteiger partial charge in [0.05, 0.1) is 6.10 Å². The summed E-state index contributed by atoms with van der Waals surface area (Å²) in [6.45, 7) is 9.32. The van der Waals surface area contributed by atoms with Crippen molar-refractivity contribution < 1.29 is 4.74 Å². The van der Waals surface area contributed by atoms with Crippen LogP contribution < -0.4 is 5.32 Å². The molecule has 2 aliphatic rings. The standard InChI is InChI=1S/C15H30N2O/c1-2-11-18-15-6-4-9-17(13-15)10-7-14-5-3-8-16-12-14/h14-16H,2-13H2,1H3. The van der Waals surface area contributed by atoms with Crippen molar-refractivity contribution in [1.29, 1.82) is 0 Å². The normalized spacial score (nSPS) is 30.5. The minimum atomic E-state index is 0.503. The molecule has 2 saturated heterocycles. The lowest BCUT2D eigenvalue weighted by molar-refractivity contribution is -0.00145.